The van der Waals surface area contributed by atoms with E-state index in [-0.39, 0.29) is 11.7 Å². The summed E-state index contributed by atoms with van der Waals surface area (Å²) < 4.78 is 20.4. The Morgan fingerprint density at radius 2 is 1.90 bits per heavy atom. The van der Waals surface area contributed by atoms with Crippen LogP contribution in [0.3, 0.4) is 0 Å². The van der Waals surface area contributed by atoms with Gasteiger partial charge in [0.1, 0.15) is 11.5 Å². The van der Waals surface area contributed by atoms with E-state index >= 15 is 0 Å². The van der Waals surface area contributed by atoms with E-state index in [4.69, 9.17) is 4.74 Å². The van der Waals surface area contributed by atoms with Gasteiger partial charge in [-0.05, 0) is 50.1 Å². The Bertz CT molecular complexity index is 967. The van der Waals surface area contributed by atoms with Crippen molar-refractivity contribution >= 4 is 5.91 Å². The van der Waals surface area contributed by atoms with E-state index in [1.54, 1.807) is 23.0 Å². The summed E-state index contributed by atoms with van der Waals surface area (Å²) >= 11 is 0. The number of carbonyl (C=O) groups is 1. The predicted octanol–water partition coefficient (Wildman–Crippen LogP) is 4.92. The van der Waals surface area contributed by atoms with Gasteiger partial charge in [-0.15, -0.1) is 0 Å². The molecule has 3 rings (SSSR count). The number of benzene rings is 2. The van der Waals surface area contributed by atoms with E-state index in [9.17, 15) is 9.18 Å². The monoisotopic (exact) mass is 409 g/mol. The molecule has 0 aliphatic carbocycles. The molecule has 2 aromatic carbocycles. The Balaban J connectivity index is 1.77. The Kier molecular flexibility index (Phi) is 7.74. The molecule has 1 heterocycles. The summed E-state index contributed by atoms with van der Waals surface area (Å²) in [6.45, 7) is 6.03. The van der Waals surface area contributed by atoms with Crippen LogP contribution in [-0.2, 0) is 4.74 Å². The summed E-state index contributed by atoms with van der Waals surface area (Å²) in [5.74, 6) is -0.502. The van der Waals surface area contributed by atoms with Gasteiger partial charge in [-0.3, -0.25) is 4.79 Å². The zero-order valence-corrected chi connectivity index (χ0v) is 17.5. The van der Waals surface area contributed by atoms with Crippen LogP contribution in [0, 0.1) is 12.7 Å². The number of nitrogens with one attached hydrogen (secondary N) is 1. The Labute approximate surface area is 176 Å². The second-order valence-corrected chi connectivity index (χ2v) is 7.26. The van der Waals surface area contributed by atoms with Gasteiger partial charge in [-0.1, -0.05) is 37.1 Å². The van der Waals surface area contributed by atoms with E-state index in [1.165, 1.54) is 12.1 Å². The molecule has 0 saturated heterocycles. The molecule has 0 aliphatic rings. The Morgan fingerprint density at radius 1 is 1.13 bits per heavy atom. The Hall–Kier alpha value is -2.99. The molecule has 5 nitrogen and oxygen atoms in total. The highest BCUT2D eigenvalue weighted by molar-refractivity contribution is 6.00. The first-order chi connectivity index (χ1) is 14.6. The third-order valence-corrected chi connectivity index (χ3v) is 4.73. The highest BCUT2D eigenvalue weighted by Gasteiger charge is 2.18. The molecule has 0 unspecified atom stereocenters. The molecule has 30 heavy (non-hydrogen) atoms. The van der Waals surface area contributed by atoms with E-state index in [1.807, 2.05) is 31.2 Å². The first-order valence-electron chi connectivity index (χ1n) is 10.4. The van der Waals surface area contributed by atoms with Crippen LogP contribution in [0.1, 0.15) is 42.1 Å². The number of halogens is 1. The fourth-order valence-corrected chi connectivity index (χ4v) is 3.09. The maximum atomic E-state index is 13.3. The molecular weight excluding hydrogens is 381 g/mol. The maximum Gasteiger partial charge on any atom is 0.255 e. The first-order valence-corrected chi connectivity index (χ1v) is 10.4. The number of carbonyl (C=O) groups excluding carboxylic acids is 1. The third-order valence-electron chi connectivity index (χ3n) is 4.73. The number of nitrogens with zero attached hydrogens (tertiary/aromatic N) is 2. The molecule has 0 radical (unpaired) electrons. The first kappa shape index (κ1) is 21.7. The molecular formula is C24H28FN3O2. The number of amides is 1. The lowest BCUT2D eigenvalue weighted by molar-refractivity contribution is 0.0941. The van der Waals surface area contributed by atoms with E-state index in [2.05, 4.69) is 17.3 Å². The molecule has 0 aliphatic heterocycles. The second-order valence-electron chi connectivity index (χ2n) is 7.26. The zero-order valence-electron chi connectivity index (χ0n) is 17.5. The lowest BCUT2D eigenvalue weighted by Gasteiger charge is -2.06. The standard InChI is InChI=1S/C24H28FN3O2/c1-3-4-14-30-15-6-13-26-24(29)22-17-28(21-11-9-20(25)10-12-21)27-23(22)19-8-5-7-18(2)16-19/h5,7-12,16-17H,3-4,6,13-15H2,1-2H3,(H,26,29). The number of aromatic nitrogens is 2. The minimum absolute atomic E-state index is 0.187. The predicted molar refractivity (Wildman–Crippen MR) is 116 cm³/mol. The van der Waals surface area contributed by atoms with Gasteiger partial charge in [0.25, 0.3) is 5.91 Å². The molecule has 3 aromatic rings. The average molecular weight is 410 g/mol. The third kappa shape index (κ3) is 5.76. The van der Waals surface area contributed by atoms with Gasteiger partial charge in [-0.2, -0.15) is 5.10 Å². The highest BCUT2D eigenvalue weighted by atomic mass is 19.1. The fourth-order valence-electron chi connectivity index (χ4n) is 3.09. The topological polar surface area (TPSA) is 56.1 Å². The van der Waals surface area contributed by atoms with Crippen molar-refractivity contribution < 1.29 is 13.9 Å². The SMILES string of the molecule is CCCCOCCCNC(=O)c1cn(-c2ccc(F)cc2)nc1-c1cccc(C)c1. The molecule has 0 saturated carbocycles. The normalized spacial score (nSPS) is 10.9. The van der Waals surface area contributed by atoms with Gasteiger partial charge >= 0.3 is 0 Å². The summed E-state index contributed by atoms with van der Waals surface area (Å²) in [7, 11) is 0. The van der Waals surface area contributed by atoms with Gasteiger partial charge in [0, 0.05) is 31.5 Å². The highest BCUT2D eigenvalue weighted by Crippen LogP contribution is 2.24. The smallest absolute Gasteiger partial charge is 0.255 e. The summed E-state index contributed by atoms with van der Waals surface area (Å²) in [6.07, 6.45) is 4.60. The molecule has 1 N–H and O–H groups in total. The van der Waals surface area contributed by atoms with Crippen molar-refractivity contribution in [3.63, 3.8) is 0 Å². The van der Waals surface area contributed by atoms with Crippen LogP contribution in [0.15, 0.2) is 54.7 Å². The largest absolute Gasteiger partial charge is 0.381 e. The average Bonchev–Trinajstić information content (AvgIpc) is 3.19. The van der Waals surface area contributed by atoms with Crippen molar-refractivity contribution in [1.82, 2.24) is 15.1 Å². The quantitative estimate of drug-likeness (QED) is 0.484. The second kappa shape index (κ2) is 10.7. The van der Waals surface area contributed by atoms with Gasteiger partial charge in [0.05, 0.1) is 11.3 Å². The minimum Gasteiger partial charge on any atom is -0.381 e. The number of unbranched alkanes of at least 4 members (excludes halogenated alkanes) is 1. The summed E-state index contributed by atoms with van der Waals surface area (Å²) in [5, 5.41) is 7.59. The van der Waals surface area contributed by atoms with E-state index < -0.39 is 0 Å². The van der Waals surface area contributed by atoms with Crippen molar-refractivity contribution in [1.29, 1.82) is 0 Å². The fraction of sp³-hybridized carbons (Fsp3) is 0.333. The number of rotatable bonds is 10. The minimum atomic E-state index is -0.316. The number of hydrogen-bond donors (Lipinski definition) is 1. The molecule has 0 spiro atoms. The van der Waals surface area contributed by atoms with Gasteiger partial charge in [0.15, 0.2) is 0 Å². The maximum absolute atomic E-state index is 13.3. The van der Waals surface area contributed by atoms with Crippen LogP contribution in [0.4, 0.5) is 4.39 Å². The van der Waals surface area contributed by atoms with Crippen LogP contribution in [-0.4, -0.2) is 35.4 Å². The van der Waals surface area contributed by atoms with Gasteiger partial charge < -0.3 is 10.1 Å². The van der Waals surface area contributed by atoms with E-state index in [0.29, 0.717) is 30.1 Å². The lowest BCUT2D eigenvalue weighted by atomic mass is 10.1. The van der Waals surface area contributed by atoms with Crippen LogP contribution in [0.5, 0.6) is 0 Å². The zero-order chi connectivity index (χ0) is 21.3. The van der Waals surface area contributed by atoms with Crippen LogP contribution >= 0.6 is 0 Å². The van der Waals surface area contributed by atoms with Crippen molar-refractivity contribution in [3.05, 3.63) is 71.7 Å². The van der Waals surface area contributed by atoms with Crippen molar-refractivity contribution in [2.75, 3.05) is 19.8 Å². The summed E-state index contributed by atoms with van der Waals surface area (Å²) in [5.41, 5.74) is 3.72. The van der Waals surface area contributed by atoms with Crippen molar-refractivity contribution in [2.24, 2.45) is 0 Å². The van der Waals surface area contributed by atoms with E-state index in [0.717, 1.165) is 37.0 Å². The van der Waals surface area contributed by atoms with Crippen molar-refractivity contribution in [2.45, 2.75) is 33.1 Å². The Morgan fingerprint density at radius 3 is 2.63 bits per heavy atom. The molecule has 0 fully saturated rings. The number of ether oxygens (including phenoxy) is 1. The number of hydrogen-bond acceptors (Lipinski definition) is 3. The van der Waals surface area contributed by atoms with Gasteiger partial charge in [-0.25, -0.2) is 9.07 Å². The molecule has 0 atom stereocenters. The molecule has 1 aromatic heterocycles. The molecule has 158 valence electrons. The molecule has 0 bridgehead atoms. The number of aryl methyl sites for hydroxylation is 1. The van der Waals surface area contributed by atoms with Gasteiger partial charge in [0.2, 0.25) is 0 Å². The van der Waals surface area contributed by atoms with Crippen LogP contribution in [0.2, 0.25) is 0 Å². The van der Waals surface area contributed by atoms with Crippen LogP contribution < -0.4 is 5.32 Å². The summed E-state index contributed by atoms with van der Waals surface area (Å²) in [6, 6.07) is 13.9. The van der Waals surface area contributed by atoms with Crippen molar-refractivity contribution in [3.8, 4) is 16.9 Å². The molecule has 6 heteroatoms. The van der Waals surface area contributed by atoms with Crippen LogP contribution in [0.25, 0.3) is 16.9 Å². The lowest BCUT2D eigenvalue weighted by Crippen LogP contribution is -2.25. The molecule has 1 amide bonds. The summed E-state index contributed by atoms with van der Waals surface area (Å²) in [4.78, 5) is 12.9.